The van der Waals surface area contributed by atoms with E-state index < -0.39 is 0 Å². The summed E-state index contributed by atoms with van der Waals surface area (Å²) in [5.74, 6) is 2.62. The maximum atomic E-state index is 5.91. The Balaban J connectivity index is 1.88. The zero-order valence-electron chi connectivity index (χ0n) is 12.0. The highest BCUT2D eigenvalue weighted by atomic mass is 35.5. The van der Waals surface area contributed by atoms with E-state index in [1.54, 1.807) is 6.26 Å². The van der Waals surface area contributed by atoms with Crippen LogP contribution in [0.5, 0.6) is 0 Å². The number of hydrogen-bond acceptors (Lipinski definition) is 3. The van der Waals surface area contributed by atoms with Gasteiger partial charge in [0.25, 0.3) is 0 Å². The van der Waals surface area contributed by atoms with E-state index in [0.29, 0.717) is 11.9 Å². The Morgan fingerprint density at radius 2 is 2.24 bits per heavy atom. The van der Waals surface area contributed by atoms with Crippen LogP contribution in [-0.2, 0) is 12.8 Å². The SMILES string of the molecule is CC(CCc1ccco1)n1c(CCCl)nc2cnccc21. The second-order valence-electron chi connectivity index (χ2n) is 5.17. The van der Waals surface area contributed by atoms with Crippen LogP contribution in [0, 0.1) is 0 Å². The van der Waals surface area contributed by atoms with Gasteiger partial charge in [-0.15, -0.1) is 11.6 Å². The molecule has 0 saturated heterocycles. The van der Waals surface area contributed by atoms with E-state index in [1.807, 2.05) is 30.6 Å². The molecular formula is C16H18ClN3O. The molecule has 3 aromatic rings. The summed E-state index contributed by atoms with van der Waals surface area (Å²) in [6.07, 6.45) is 8.02. The predicted molar refractivity (Wildman–Crippen MR) is 83.7 cm³/mol. The molecule has 5 heteroatoms. The number of aromatic nitrogens is 3. The van der Waals surface area contributed by atoms with Gasteiger partial charge in [0.2, 0.25) is 0 Å². The Bertz CT molecular complexity index is 705. The second kappa shape index (κ2) is 6.31. The van der Waals surface area contributed by atoms with E-state index in [9.17, 15) is 0 Å². The minimum atomic E-state index is 0.334. The Morgan fingerprint density at radius 1 is 1.33 bits per heavy atom. The van der Waals surface area contributed by atoms with E-state index in [-0.39, 0.29) is 0 Å². The second-order valence-corrected chi connectivity index (χ2v) is 5.55. The van der Waals surface area contributed by atoms with Gasteiger partial charge in [-0.05, 0) is 31.5 Å². The Labute approximate surface area is 128 Å². The first-order chi connectivity index (χ1) is 10.3. The highest BCUT2D eigenvalue weighted by Gasteiger charge is 2.16. The van der Waals surface area contributed by atoms with Gasteiger partial charge in [0.1, 0.15) is 17.1 Å². The summed E-state index contributed by atoms with van der Waals surface area (Å²) in [7, 11) is 0. The smallest absolute Gasteiger partial charge is 0.111 e. The lowest BCUT2D eigenvalue weighted by Gasteiger charge is -2.17. The fourth-order valence-corrected chi connectivity index (χ4v) is 2.86. The average Bonchev–Trinajstić information content (AvgIpc) is 3.12. The number of alkyl halides is 1. The normalized spacial score (nSPS) is 12.9. The number of furan rings is 1. The van der Waals surface area contributed by atoms with E-state index in [1.165, 1.54) is 0 Å². The number of hydrogen-bond donors (Lipinski definition) is 0. The summed E-state index contributed by atoms with van der Waals surface area (Å²) in [5.41, 5.74) is 2.06. The Kier molecular flexibility index (Phi) is 4.25. The van der Waals surface area contributed by atoms with Gasteiger partial charge in [0.15, 0.2) is 0 Å². The van der Waals surface area contributed by atoms with Crippen LogP contribution >= 0.6 is 11.6 Å². The molecule has 0 bridgehead atoms. The van der Waals surface area contributed by atoms with Gasteiger partial charge < -0.3 is 8.98 Å². The zero-order chi connectivity index (χ0) is 14.7. The first-order valence-corrected chi connectivity index (χ1v) is 7.72. The molecule has 0 aromatic carbocycles. The van der Waals surface area contributed by atoms with Gasteiger partial charge in [-0.25, -0.2) is 4.98 Å². The van der Waals surface area contributed by atoms with Crippen molar-refractivity contribution >= 4 is 22.6 Å². The maximum absolute atomic E-state index is 5.91. The molecule has 0 aliphatic heterocycles. The molecule has 1 unspecified atom stereocenters. The van der Waals surface area contributed by atoms with Crippen molar-refractivity contribution in [3.05, 3.63) is 48.4 Å². The van der Waals surface area contributed by atoms with Crippen molar-refractivity contribution in [2.45, 2.75) is 32.2 Å². The molecule has 1 atom stereocenters. The van der Waals surface area contributed by atoms with Crippen molar-refractivity contribution in [3.63, 3.8) is 0 Å². The molecule has 21 heavy (non-hydrogen) atoms. The van der Waals surface area contributed by atoms with Gasteiger partial charge in [-0.3, -0.25) is 4.98 Å². The van der Waals surface area contributed by atoms with Gasteiger partial charge in [0.05, 0.1) is 18.0 Å². The lowest BCUT2D eigenvalue weighted by atomic mass is 10.1. The van der Waals surface area contributed by atoms with E-state index >= 15 is 0 Å². The van der Waals surface area contributed by atoms with Crippen LogP contribution in [-0.4, -0.2) is 20.4 Å². The number of fused-ring (bicyclic) bond motifs is 1. The van der Waals surface area contributed by atoms with Crippen LogP contribution in [0.25, 0.3) is 11.0 Å². The van der Waals surface area contributed by atoms with Crippen LogP contribution in [0.2, 0.25) is 0 Å². The minimum absolute atomic E-state index is 0.334. The van der Waals surface area contributed by atoms with E-state index in [0.717, 1.165) is 41.9 Å². The molecule has 0 amide bonds. The summed E-state index contributed by atoms with van der Waals surface area (Å²) in [4.78, 5) is 8.81. The molecule has 0 saturated carbocycles. The third-order valence-electron chi connectivity index (χ3n) is 3.71. The molecule has 0 radical (unpaired) electrons. The van der Waals surface area contributed by atoms with Crippen LogP contribution in [0.15, 0.2) is 41.3 Å². The fourth-order valence-electron chi connectivity index (χ4n) is 2.69. The summed E-state index contributed by atoms with van der Waals surface area (Å²) in [6.45, 7) is 2.21. The van der Waals surface area contributed by atoms with Gasteiger partial charge in [-0.2, -0.15) is 0 Å². The Hall–Kier alpha value is -1.81. The zero-order valence-corrected chi connectivity index (χ0v) is 12.8. The molecule has 3 aromatic heterocycles. The van der Waals surface area contributed by atoms with Crippen molar-refractivity contribution in [2.24, 2.45) is 0 Å². The van der Waals surface area contributed by atoms with Crippen LogP contribution < -0.4 is 0 Å². The Morgan fingerprint density at radius 3 is 3.00 bits per heavy atom. The largest absolute Gasteiger partial charge is 0.469 e. The van der Waals surface area contributed by atoms with Crippen molar-refractivity contribution in [1.82, 2.24) is 14.5 Å². The lowest BCUT2D eigenvalue weighted by molar-refractivity contribution is 0.451. The van der Waals surface area contributed by atoms with Crippen LogP contribution in [0.4, 0.5) is 0 Å². The van der Waals surface area contributed by atoms with Crippen molar-refractivity contribution in [1.29, 1.82) is 0 Å². The molecule has 0 N–H and O–H groups in total. The summed E-state index contributed by atoms with van der Waals surface area (Å²) < 4.78 is 7.69. The molecule has 0 aliphatic carbocycles. The van der Waals surface area contributed by atoms with E-state index in [4.69, 9.17) is 16.0 Å². The topological polar surface area (TPSA) is 43.9 Å². The number of halogens is 1. The van der Waals surface area contributed by atoms with Crippen molar-refractivity contribution in [3.8, 4) is 0 Å². The van der Waals surface area contributed by atoms with Gasteiger partial charge in [-0.1, -0.05) is 0 Å². The summed E-state index contributed by atoms with van der Waals surface area (Å²) in [5, 5.41) is 0. The average molecular weight is 304 g/mol. The molecule has 0 fully saturated rings. The number of pyridine rings is 1. The molecular weight excluding hydrogens is 286 g/mol. The lowest BCUT2D eigenvalue weighted by Crippen LogP contribution is -2.11. The first kappa shape index (κ1) is 14.1. The third kappa shape index (κ3) is 2.95. The number of rotatable bonds is 6. The quantitative estimate of drug-likeness (QED) is 0.646. The van der Waals surface area contributed by atoms with Gasteiger partial charge in [0, 0.05) is 31.0 Å². The minimum Gasteiger partial charge on any atom is -0.469 e. The molecule has 0 aliphatic rings. The monoisotopic (exact) mass is 303 g/mol. The number of nitrogens with zero attached hydrogens (tertiary/aromatic N) is 3. The molecule has 110 valence electrons. The van der Waals surface area contributed by atoms with Crippen molar-refractivity contribution < 1.29 is 4.42 Å². The standard InChI is InChI=1S/C16H18ClN3O/c1-12(4-5-13-3-2-10-21-13)20-15-7-9-18-11-14(15)19-16(20)6-8-17/h2-3,7,9-12H,4-6,8H2,1H3. The molecule has 3 heterocycles. The number of aryl methyl sites for hydroxylation is 2. The summed E-state index contributed by atoms with van der Waals surface area (Å²) in [6, 6.07) is 6.30. The molecule has 3 rings (SSSR count). The molecule has 4 nitrogen and oxygen atoms in total. The highest BCUT2D eigenvalue weighted by Crippen LogP contribution is 2.24. The number of imidazole rings is 1. The highest BCUT2D eigenvalue weighted by molar-refractivity contribution is 6.17. The van der Waals surface area contributed by atoms with Crippen LogP contribution in [0.1, 0.15) is 31.0 Å². The van der Waals surface area contributed by atoms with Crippen molar-refractivity contribution in [2.75, 3.05) is 5.88 Å². The fraction of sp³-hybridized carbons (Fsp3) is 0.375. The third-order valence-corrected chi connectivity index (χ3v) is 3.90. The predicted octanol–water partition coefficient (Wildman–Crippen LogP) is 4.00. The van der Waals surface area contributed by atoms with Gasteiger partial charge >= 0.3 is 0 Å². The maximum Gasteiger partial charge on any atom is 0.111 e. The molecule has 0 spiro atoms. The first-order valence-electron chi connectivity index (χ1n) is 7.18. The van der Waals surface area contributed by atoms with Crippen LogP contribution in [0.3, 0.4) is 0 Å². The van der Waals surface area contributed by atoms with E-state index in [2.05, 4.69) is 21.5 Å². The summed E-state index contributed by atoms with van der Waals surface area (Å²) >= 11 is 5.91.